The second-order valence-corrected chi connectivity index (χ2v) is 12.2. The molecule has 1 saturated carbocycles. The van der Waals surface area contributed by atoms with E-state index in [-0.39, 0.29) is 0 Å². The summed E-state index contributed by atoms with van der Waals surface area (Å²) in [6.07, 6.45) is 0. The summed E-state index contributed by atoms with van der Waals surface area (Å²) in [6, 6.07) is 55.6. The third-order valence-corrected chi connectivity index (χ3v) is 9.74. The van der Waals surface area contributed by atoms with Gasteiger partial charge in [0, 0.05) is 22.3 Å². The molecule has 1 fully saturated rings. The molecule has 6 aromatic carbocycles. The van der Waals surface area contributed by atoms with E-state index in [2.05, 4.69) is 48.5 Å². The van der Waals surface area contributed by atoms with Crippen LogP contribution in [-0.4, -0.2) is 11.9 Å². The topological polar surface area (TPSA) is 52.6 Å². The van der Waals surface area contributed by atoms with E-state index >= 15 is 0 Å². The van der Waals surface area contributed by atoms with Crippen molar-refractivity contribution in [3.8, 4) is 0 Å². The first-order valence-electron chi connectivity index (χ1n) is 16.0. The van der Waals surface area contributed by atoms with Crippen LogP contribution >= 0.6 is 0 Å². The number of benzene rings is 6. The Morgan fingerprint density at radius 2 is 0.625 bits per heavy atom. The Kier molecular flexibility index (Phi) is 6.21. The summed E-state index contributed by atoms with van der Waals surface area (Å²) in [6.45, 7) is 0. The highest BCUT2D eigenvalue weighted by atomic mass is 16.6. The molecule has 1 aliphatic carbocycles. The molecule has 0 radical (unpaired) electrons. The largest absolute Gasteiger partial charge is 0.440 e. The van der Waals surface area contributed by atoms with Gasteiger partial charge in [-0.25, -0.2) is 9.59 Å². The first-order valence-corrected chi connectivity index (χ1v) is 16.0. The van der Waals surface area contributed by atoms with Crippen molar-refractivity contribution in [3.05, 3.63) is 226 Å². The molecule has 48 heavy (non-hydrogen) atoms. The van der Waals surface area contributed by atoms with Crippen LogP contribution in [0.3, 0.4) is 0 Å². The molecule has 0 saturated heterocycles. The Hall–Kier alpha value is -6.26. The molecule has 0 amide bonds. The minimum atomic E-state index is -1.49. The van der Waals surface area contributed by atoms with Crippen molar-refractivity contribution in [3.63, 3.8) is 0 Å². The second kappa shape index (κ2) is 10.6. The average molecular weight is 621 g/mol. The van der Waals surface area contributed by atoms with Gasteiger partial charge < -0.3 is 9.47 Å². The van der Waals surface area contributed by atoms with Crippen molar-refractivity contribution in [1.82, 2.24) is 0 Å². The molecule has 2 heterocycles. The summed E-state index contributed by atoms with van der Waals surface area (Å²) in [5, 5.41) is 0. The Labute approximate surface area is 278 Å². The van der Waals surface area contributed by atoms with Crippen LogP contribution in [-0.2, 0) is 20.7 Å². The molecule has 0 bridgehead atoms. The normalized spacial score (nSPS) is 20.2. The number of rotatable bonds is 4. The maximum absolute atomic E-state index is 14.1. The van der Waals surface area contributed by atoms with Crippen molar-refractivity contribution in [2.24, 2.45) is 0 Å². The molecule has 9 rings (SSSR count). The van der Waals surface area contributed by atoms with Crippen molar-refractivity contribution in [1.29, 1.82) is 0 Å². The maximum Gasteiger partial charge on any atom is 0.339 e. The summed E-state index contributed by atoms with van der Waals surface area (Å²) in [4.78, 5) is 28.1. The van der Waals surface area contributed by atoms with Gasteiger partial charge in [0.05, 0.1) is 11.1 Å². The number of hydrogen-bond acceptors (Lipinski definition) is 4. The smallest absolute Gasteiger partial charge is 0.339 e. The van der Waals surface area contributed by atoms with Gasteiger partial charge in [-0.3, -0.25) is 0 Å². The van der Waals surface area contributed by atoms with Gasteiger partial charge in [-0.2, -0.15) is 0 Å². The molecule has 4 nitrogen and oxygen atoms in total. The number of carbonyl (C=O) groups excluding carboxylic acids is 2. The Balaban J connectivity index is 1.56. The molecule has 2 aliphatic heterocycles. The summed E-state index contributed by atoms with van der Waals surface area (Å²) in [5.74, 6) is -0.910. The van der Waals surface area contributed by atoms with Crippen LogP contribution in [0.15, 0.2) is 181 Å². The molecular weight excluding hydrogens is 592 g/mol. The Morgan fingerprint density at radius 1 is 0.354 bits per heavy atom. The fourth-order valence-corrected chi connectivity index (χ4v) is 7.90. The molecule has 6 aromatic rings. The quantitative estimate of drug-likeness (QED) is 0.185. The van der Waals surface area contributed by atoms with E-state index in [1.165, 1.54) is 0 Å². The number of fused-ring (bicyclic) bond motifs is 5. The van der Waals surface area contributed by atoms with E-state index in [0.29, 0.717) is 22.3 Å². The first-order chi connectivity index (χ1) is 23.6. The van der Waals surface area contributed by atoms with Crippen molar-refractivity contribution < 1.29 is 19.1 Å². The highest BCUT2D eigenvalue weighted by Gasteiger charge is 2.79. The lowest BCUT2D eigenvalue weighted by Crippen LogP contribution is -2.63. The van der Waals surface area contributed by atoms with Gasteiger partial charge in [-0.15, -0.1) is 0 Å². The Morgan fingerprint density at radius 3 is 0.938 bits per heavy atom. The van der Waals surface area contributed by atoms with E-state index in [1.807, 2.05) is 109 Å². The minimum absolute atomic E-state index is 0.454. The molecule has 3 aliphatic rings. The molecular formula is C44H28O4. The molecule has 0 unspecified atom stereocenters. The lowest BCUT2D eigenvalue weighted by atomic mass is 9.49. The highest BCUT2D eigenvalue weighted by molar-refractivity contribution is 6.07. The Bertz CT molecular complexity index is 2060. The summed E-state index contributed by atoms with van der Waals surface area (Å²) < 4.78 is 13.6. The second-order valence-electron chi connectivity index (χ2n) is 12.2. The molecule has 0 N–H and O–H groups in total. The van der Waals surface area contributed by atoms with Gasteiger partial charge in [0.2, 0.25) is 11.2 Å². The number of ether oxygens (including phenoxy) is 2. The molecule has 0 aromatic heterocycles. The van der Waals surface area contributed by atoms with Crippen molar-refractivity contribution in [2.45, 2.75) is 11.2 Å². The average Bonchev–Trinajstić information content (AvgIpc) is 3.65. The maximum atomic E-state index is 14.1. The SMILES string of the molecule is O=C1O[C@@]2(C(=C(c3ccccc3)c3ccccc3)C(=C(c3ccccc3)c3ccccc3)[C@@]23OC(=O)c2ccccc23)c2ccccc21. The third kappa shape index (κ3) is 3.71. The van der Waals surface area contributed by atoms with Gasteiger partial charge >= 0.3 is 11.9 Å². The van der Waals surface area contributed by atoms with Crippen LogP contribution < -0.4 is 0 Å². The van der Waals surface area contributed by atoms with Gasteiger partial charge in [0.15, 0.2) is 0 Å². The van der Waals surface area contributed by atoms with E-state index in [9.17, 15) is 9.59 Å². The van der Waals surface area contributed by atoms with Crippen molar-refractivity contribution >= 4 is 23.1 Å². The van der Waals surface area contributed by atoms with Crippen LogP contribution in [0.2, 0.25) is 0 Å². The summed E-state index contributed by atoms with van der Waals surface area (Å²) >= 11 is 0. The molecule has 2 atom stereocenters. The van der Waals surface area contributed by atoms with E-state index in [0.717, 1.165) is 44.5 Å². The van der Waals surface area contributed by atoms with Crippen LogP contribution in [0, 0.1) is 0 Å². The van der Waals surface area contributed by atoms with Gasteiger partial charge in [0.25, 0.3) is 0 Å². The summed E-state index contributed by atoms with van der Waals surface area (Å²) in [7, 11) is 0. The van der Waals surface area contributed by atoms with Crippen LogP contribution in [0.5, 0.6) is 0 Å². The van der Waals surface area contributed by atoms with E-state index in [4.69, 9.17) is 9.47 Å². The molecule has 228 valence electrons. The first kappa shape index (κ1) is 28.0. The zero-order valence-corrected chi connectivity index (χ0v) is 25.8. The van der Waals surface area contributed by atoms with Crippen LogP contribution in [0.1, 0.15) is 54.1 Å². The summed E-state index contributed by atoms with van der Waals surface area (Å²) in [5.41, 5.74) is 6.41. The van der Waals surface area contributed by atoms with Gasteiger partial charge in [-0.1, -0.05) is 158 Å². The number of hydrogen-bond donors (Lipinski definition) is 0. The van der Waals surface area contributed by atoms with Gasteiger partial charge in [-0.05, 0) is 45.5 Å². The van der Waals surface area contributed by atoms with Crippen molar-refractivity contribution in [2.75, 3.05) is 0 Å². The number of esters is 2. The minimum Gasteiger partial charge on any atom is -0.440 e. The van der Waals surface area contributed by atoms with Crippen LogP contribution in [0.25, 0.3) is 11.1 Å². The zero-order valence-electron chi connectivity index (χ0n) is 25.8. The molecule has 4 heteroatoms. The highest BCUT2D eigenvalue weighted by Crippen LogP contribution is 2.74. The standard InChI is InChI=1S/C44H28O4/c45-41-33-25-13-15-27-35(33)43(47-41)39(37(29-17-5-1-6-18-29)30-19-7-2-8-20-30)40(44(43)36-28-16-14-26-34(36)42(46)48-44)38(31-21-9-3-10-22-31)32-23-11-4-12-24-32/h1-28H/t43-,44-/m1/s1. The fraction of sp³-hybridized carbons (Fsp3) is 0.0455. The van der Waals surface area contributed by atoms with E-state index in [1.54, 1.807) is 12.1 Å². The van der Waals surface area contributed by atoms with E-state index < -0.39 is 23.1 Å². The predicted molar refractivity (Wildman–Crippen MR) is 185 cm³/mol. The van der Waals surface area contributed by atoms with Gasteiger partial charge in [0.1, 0.15) is 0 Å². The lowest BCUT2D eigenvalue weighted by Gasteiger charge is -2.58. The molecule has 2 spiro atoms. The third-order valence-electron chi connectivity index (χ3n) is 9.74. The van der Waals surface area contributed by atoms with Crippen LogP contribution in [0.4, 0.5) is 0 Å². The predicted octanol–water partition coefficient (Wildman–Crippen LogP) is 9.14. The number of carbonyl (C=O) groups is 2. The monoisotopic (exact) mass is 620 g/mol. The fourth-order valence-electron chi connectivity index (χ4n) is 7.90. The zero-order chi connectivity index (χ0) is 32.3. The lowest BCUT2D eigenvalue weighted by molar-refractivity contribution is -0.144.